The van der Waals surface area contributed by atoms with Crippen LogP contribution in [0.5, 0.6) is 0 Å². The van der Waals surface area contributed by atoms with E-state index in [-0.39, 0.29) is 11.3 Å². The van der Waals surface area contributed by atoms with Crippen molar-refractivity contribution in [3.8, 4) is 0 Å². The fraction of sp³-hybridized carbons (Fsp3) is 0.200. The second-order valence-electron chi connectivity index (χ2n) is 8.95. The van der Waals surface area contributed by atoms with E-state index in [1.54, 1.807) is 12.1 Å². The van der Waals surface area contributed by atoms with Crippen LogP contribution in [0.15, 0.2) is 78.4 Å². The second kappa shape index (κ2) is 8.91. The molecule has 1 fully saturated rings. The number of ketones is 1. The van der Waals surface area contributed by atoms with E-state index in [0.29, 0.717) is 11.3 Å². The molecule has 1 atom stereocenters. The minimum Gasteiger partial charge on any atom is -0.507 e. The van der Waals surface area contributed by atoms with Gasteiger partial charge in [0.15, 0.2) is 0 Å². The summed E-state index contributed by atoms with van der Waals surface area (Å²) >= 11 is 0. The summed E-state index contributed by atoms with van der Waals surface area (Å²) in [6.45, 7) is 6.07. The third-order valence-electron chi connectivity index (χ3n) is 6.92. The highest BCUT2D eigenvalue weighted by atomic mass is 16.3. The lowest BCUT2D eigenvalue weighted by molar-refractivity contribution is -0.132. The largest absolute Gasteiger partial charge is 0.507 e. The van der Waals surface area contributed by atoms with Gasteiger partial charge in [-0.1, -0.05) is 68.4 Å². The molecule has 0 aliphatic carbocycles. The predicted octanol–water partition coefficient (Wildman–Crippen LogP) is 6.23. The van der Waals surface area contributed by atoms with Crippen molar-refractivity contribution in [3.63, 3.8) is 0 Å². The quantitative estimate of drug-likeness (QED) is 0.209. The van der Waals surface area contributed by atoms with Crippen LogP contribution in [0.25, 0.3) is 16.7 Å². The number of carbonyl (C=O) groups excluding carboxylic acids is 2. The van der Waals surface area contributed by atoms with Crippen LogP contribution < -0.4 is 4.90 Å². The number of carbonyl (C=O) groups is 2. The van der Waals surface area contributed by atoms with Gasteiger partial charge in [0.05, 0.1) is 11.6 Å². The Bertz CT molecular complexity index is 1460. The summed E-state index contributed by atoms with van der Waals surface area (Å²) in [5.74, 6) is -1.49. The van der Waals surface area contributed by atoms with E-state index in [9.17, 15) is 14.7 Å². The Balaban J connectivity index is 1.77. The maximum Gasteiger partial charge on any atom is 0.300 e. The van der Waals surface area contributed by atoms with Gasteiger partial charge in [0.25, 0.3) is 11.7 Å². The molecule has 1 amide bonds. The smallest absolute Gasteiger partial charge is 0.300 e. The van der Waals surface area contributed by atoms with E-state index < -0.39 is 17.7 Å². The fourth-order valence-corrected chi connectivity index (χ4v) is 4.97. The monoisotopic (exact) mass is 464 g/mol. The number of aromatic amines is 1. The molecule has 4 aromatic rings. The third kappa shape index (κ3) is 3.73. The number of aliphatic hydroxyl groups excluding tert-OH is 1. The molecule has 0 saturated carbocycles. The zero-order valence-electron chi connectivity index (χ0n) is 20.1. The summed E-state index contributed by atoms with van der Waals surface area (Å²) in [6.07, 6.45) is 1.74. The van der Waals surface area contributed by atoms with Gasteiger partial charge in [-0.25, -0.2) is 0 Å². The molecule has 176 valence electrons. The molecule has 1 aliphatic rings. The number of benzene rings is 3. The zero-order valence-corrected chi connectivity index (χ0v) is 20.1. The Morgan fingerprint density at radius 2 is 1.49 bits per heavy atom. The lowest BCUT2D eigenvalue weighted by Crippen LogP contribution is -2.29. The van der Waals surface area contributed by atoms with Gasteiger partial charge in [-0.3, -0.25) is 14.5 Å². The molecule has 1 unspecified atom stereocenters. The Hall–Kier alpha value is -4.12. The summed E-state index contributed by atoms with van der Waals surface area (Å²) in [5, 5.41) is 12.3. The molecule has 1 aromatic heterocycles. The van der Waals surface area contributed by atoms with E-state index in [1.807, 2.05) is 67.6 Å². The normalized spacial score (nSPS) is 17.5. The van der Waals surface area contributed by atoms with Crippen molar-refractivity contribution in [2.24, 2.45) is 0 Å². The van der Waals surface area contributed by atoms with Crippen molar-refractivity contribution in [1.82, 2.24) is 4.98 Å². The molecule has 5 rings (SSSR count). The summed E-state index contributed by atoms with van der Waals surface area (Å²) < 4.78 is 0. The van der Waals surface area contributed by atoms with Crippen LogP contribution >= 0.6 is 0 Å². The van der Waals surface area contributed by atoms with Gasteiger partial charge in [-0.05, 0) is 49.1 Å². The van der Waals surface area contributed by atoms with Crippen molar-refractivity contribution in [1.29, 1.82) is 0 Å². The third-order valence-corrected chi connectivity index (χ3v) is 6.92. The van der Waals surface area contributed by atoms with Crippen molar-refractivity contribution in [2.45, 2.75) is 39.7 Å². The lowest BCUT2D eigenvalue weighted by atomic mass is 9.93. The molecule has 1 saturated heterocycles. The summed E-state index contributed by atoms with van der Waals surface area (Å²) in [6, 6.07) is 22.2. The highest BCUT2D eigenvalue weighted by Crippen LogP contribution is 2.45. The Kier molecular flexibility index (Phi) is 5.77. The van der Waals surface area contributed by atoms with Gasteiger partial charge in [0.1, 0.15) is 5.76 Å². The molecule has 35 heavy (non-hydrogen) atoms. The van der Waals surface area contributed by atoms with E-state index >= 15 is 0 Å². The number of H-pyrrole nitrogens is 1. The summed E-state index contributed by atoms with van der Waals surface area (Å²) in [4.78, 5) is 31.9. The van der Waals surface area contributed by atoms with Crippen LogP contribution in [-0.4, -0.2) is 21.8 Å². The Labute approximate surface area is 204 Å². The first-order chi connectivity index (χ1) is 16.9. The predicted molar refractivity (Wildman–Crippen MR) is 139 cm³/mol. The number of aromatic nitrogens is 1. The number of hydrogen-bond acceptors (Lipinski definition) is 3. The number of nitrogens with one attached hydrogen (secondary N) is 1. The topological polar surface area (TPSA) is 73.4 Å². The first-order valence-electron chi connectivity index (χ1n) is 12.0. The number of para-hydroxylation sites is 1. The van der Waals surface area contributed by atoms with Crippen LogP contribution in [-0.2, 0) is 22.4 Å². The molecule has 5 heteroatoms. The van der Waals surface area contributed by atoms with E-state index in [4.69, 9.17) is 0 Å². The van der Waals surface area contributed by atoms with Gasteiger partial charge < -0.3 is 10.1 Å². The van der Waals surface area contributed by atoms with E-state index in [1.165, 1.54) is 4.90 Å². The number of aliphatic hydroxyl groups is 1. The maximum absolute atomic E-state index is 13.5. The minimum absolute atomic E-state index is 0.103. The molecule has 2 heterocycles. The van der Waals surface area contributed by atoms with Crippen LogP contribution in [0, 0.1) is 6.92 Å². The number of amides is 1. The van der Waals surface area contributed by atoms with Crippen molar-refractivity contribution < 1.29 is 14.7 Å². The molecule has 1 aliphatic heterocycles. The van der Waals surface area contributed by atoms with Gasteiger partial charge in [0, 0.05) is 33.4 Å². The van der Waals surface area contributed by atoms with E-state index in [2.05, 4.69) is 18.8 Å². The lowest BCUT2D eigenvalue weighted by Gasteiger charge is -2.26. The number of rotatable bonds is 5. The molecule has 2 N–H and O–H groups in total. The van der Waals surface area contributed by atoms with Crippen LogP contribution in [0.1, 0.15) is 47.8 Å². The van der Waals surface area contributed by atoms with Gasteiger partial charge in [0.2, 0.25) is 0 Å². The van der Waals surface area contributed by atoms with Crippen LogP contribution in [0.4, 0.5) is 5.69 Å². The molecule has 0 spiro atoms. The number of hydrogen-bond donors (Lipinski definition) is 2. The number of anilines is 1. The number of aryl methyl sites for hydroxylation is 3. The average molecular weight is 465 g/mol. The average Bonchev–Trinajstić information content (AvgIpc) is 3.35. The minimum atomic E-state index is -0.760. The van der Waals surface area contributed by atoms with Crippen molar-refractivity contribution in [2.75, 3.05) is 4.90 Å². The van der Waals surface area contributed by atoms with E-state index in [0.717, 1.165) is 46.1 Å². The van der Waals surface area contributed by atoms with Crippen LogP contribution in [0.2, 0.25) is 0 Å². The number of Topliss-reactive ketones (excluding diaryl/α,β-unsaturated/α-hetero) is 1. The van der Waals surface area contributed by atoms with Gasteiger partial charge >= 0.3 is 0 Å². The summed E-state index contributed by atoms with van der Waals surface area (Å²) in [5.41, 5.74) is 6.09. The molecule has 5 nitrogen and oxygen atoms in total. The molecule has 0 bridgehead atoms. The van der Waals surface area contributed by atoms with Crippen molar-refractivity contribution >= 4 is 34.0 Å². The van der Waals surface area contributed by atoms with Crippen LogP contribution in [0.3, 0.4) is 0 Å². The molecular formula is C30H28N2O3. The molecule has 3 aromatic carbocycles. The first kappa shape index (κ1) is 22.7. The van der Waals surface area contributed by atoms with Gasteiger partial charge in [-0.2, -0.15) is 0 Å². The highest BCUT2D eigenvalue weighted by Gasteiger charge is 2.48. The number of nitrogens with zero attached hydrogens (tertiary/aromatic N) is 1. The first-order valence-corrected chi connectivity index (χ1v) is 12.0. The van der Waals surface area contributed by atoms with Gasteiger partial charge in [-0.15, -0.1) is 0 Å². The zero-order chi connectivity index (χ0) is 24.7. The Morgan fingerprint density at radius 3 is 2.11 bits per heavy atom. The Morgan fingerprint density at radius 1 is 0.886 bits per heavy atom. The second-order valence-corrected chi connectivity index (χ2v) is 8.95. The summed E-state index contributed by atoms with van der Waals surface area (Å²) in [7, 11) is 0. The number of fused-ring (bicyclic) bond motifs is 1. The fourth-order valence-electron chi connectivity index (χ4n) is 4.97. The molecular weight excluding hydrogens is 436 g/mol. The van der Waals surface area contributed by atoms with Crippen molar-refractivity contribution in [3.05, 3.63) is 106 Å². The highest BCUT2D eigenvalue weighted by molar-refractivity contribution is 6.52. The standard InChI is InChI=1S/C30H28N2O3/c1-4-19-10-14-21(15-11-19)28(33)26-27(25-18(3)31-24-9-7-6-8-23(24)25)32(30(35)29(26)34)22-16-12-20(5-2)13-17-22/h6-17,27,31,33H,4-5H2,1-3H3/b28-26+. The maximum atomic E-state index is 13.5. The molecule has 0 radical (unpaired) electrons. The SMILES string of the molecule is CCc1ccc(/C(O)=C2\C(=O)C(=O)N(c3ccc(CC)cc3)C2c2c(C)[nH]c3ccccc23)cc1.